The van der Waals surface area contributed by atoms with Crippen molar-refractivity contribution in [1.82, 2.24) is 0 Å². The first-order valence-electron chi connectivity index (χ1n) is 3.60. The summed E-state index contributed by atoms with van der Waals surface area (Å²) in [6, 6.07) is 0. The average molecular weight is 132 g/mol. The Morgan fingerprint density at radius 1 is 1.20 bits per heavy atom. The van der Waals surface area contributed by atoms with Gasteiger partial charge in [0.05, 0.1) is 0 Å². The Kier molecular flexibility index (Phi) is 1.97. The minimum atomic E-state index is 0.567. The Hall–Kier alpha value is -0.960. The lowest BCUT2D eigenvalue weighted by molar-refractivity contribution is 0.793. The van der Waals surface area contributed by atoms with Gasteiger partial charge in [0.1, 0.15) is 0 Å². The van der Waals surface area contributed by atoms with Crippen molar-refractivity contribution in [2.75, 3.05) is 0 Å². The van der Waals surface area contributed by atoms with E-state index in [9.17, 15) is 0 Å². The Morgan fingerprint density at radius 2 is 1.90 bits per heavy atom. The second kappa shape index (κ2) is 2.75. The molecule has 0 radical (unpaired) electrons. The second-order valence-electron chi connectivity index (χ2n) is 2.88. The number of allylic oxidation sites excluding steroid dienone is 4. The highest BCUT2D eigenvalue weighted by atomic mass is 14.0. The van der Waals surface area contributed by atoms with Crippen LogP contribution in [0.25, 0.3) is 0 Å². The third-order valence-electron chi connectivity index (χ3n) is 1.54. The summed E-state index contributed by atoms with van der Waals surface area (Å²) in [6.07, 6.45) is 4.18. The van der Waals surface area contributed by atoms with Crippen LogP contribution in [0.3, 0.4) is 0 Å². The van der Waals surface area contributed by atoms with Crippen LogP contribution in [0.1, 0.15) is 20.8 Å². The van der Waals surface area contributed by atoms with Gasteiger partial charge >= 0.3 is 0 Å². The Bertz CT molecular complexity index is 252. The van der Waals surface area contributed by atoms with Gasteiger partial charge in [-0.25, -0.2) is 0 Å². The van der Waals surface area contributed by atoms with Gasteiger partial charge in [-0.1, -0.05) is 25.3 Å². The predicted molar refractivity (Wildman–Crippen MR) is 43.7 cm³/mol. The molecular weight excluding hydrogens is 120 g/mol. The van der Waals surface area contributed by atoms with Crippen LogP contribution in [-0.2, 0) is 0 Å². The molecule has 52 valence electrons. The number of hydrogen-bond acceptors (Lipinski definition) is 0. The van der Waals surface area contributed by atoms with Crippen molar-refractivity contribution in [2.45, 2.75) is 20.8 Å². The lowest BCUT2D eigenvalue weighted by Crippen LogP contribution is -1.89. The zero-order chi connectivity index (χ0) is 7.56. The summed E-state index contributed by atoms with van der Waals surface area (Å²) >= 11 is 0. The molecule has 1 aliphatic carbocycles. The first-order valence-corrected chi connectivity index (χ1v) is 3.60. The normalized spacial score (nSPS) is 15.6. The van der Waals surface area contributed by atoms with E-state index in [1.807, 2.05) is 6.92 Å². The maximum absolute atomic E-state index is 3.11. The third kappa shape index (κ3) is 1.51. The molecule has 0 aromatic carbocycles. The molecule has 0 atom stereocenters. The Labute approximate surface area is 62.3 Å². The van der Waals surface area contributed by atoms with E-state index in [-0.39, 0.29) is 0 Å². The molecule has 0 amide bonds. The van der Waals surface area contributed by atoms with Gasteiger partial charge in [0.15, 0.2) is 0 Å². The standard InChI is InChI=1S/C10H12/c1-8(2)10-6-4-9(3)5-7-10/h4,6,8H,1-3H3. The van der Waals surface area contributed by atoms with Crippen LogP contribution < -0.4 is 0 Å². The van der Waals surface area contributed by atoms with Gasteiger partial charge in [0.2, 0.25) is 0 Å². The van der Waals surface area contributed by atoms with Gasteiger partial charge in [-0.2, -0.15) is 0 Å². The van der Waals surface area contributed by atoms with Crippen LogP contribution in [0.5, 0.6) is 0 Å². The van der Waals surface area contributed by atoms with Crippen molar-refractivity contribution in [3.63, 3.8) is 0 Å². The van der Waals surface area contributed by atoms with Gasteiger partial charge in [-0.3, -0.25) is 0 Å². The quantitative estimate of drug-likeness (QED) is 0.481. The molecule has 0 saturated carbocycles. The smallest absolute Gasteiger partial charge is 0.00497 e. The van der Waals surface area contributed by atoms with Crippen LogP contribution in [0, 0.1) is 5.92 Å². The second-order valence-corrected chi connectivity index (χ2v) is 2.88. The summed E-state index contributed by atoms with van der Waals surface area (Å²) in [4.78, 5) is 0. The maximum Gasteiger partial charge on any atom is 0.00497 e. The molecule has 10 heavy (non-hydrogen) atoms. The minimum Gasteiger partial charge on any atom is -0.0667 e. The molecule has 0 saturated heterocycles. The zero-order valence-corrected chi connectivity index (χ0v) is 6.73. The van der Waals surface area contributed by atoms with Crippen LogP contribution in [0.2, 0.25) is 0 Å². The SMILES string of the molecule is CC1=C=C=C(C(C)C)C=C1. The van der Waals surface area contributed by atoms with Gasteiger partial charge in [-0.05, 0) is 30.6 Å². The van der Waals surface area contributed by atoms with Gasteiger partial charge < -0.3 is 0 Å². The fourth-order valence-corrected chi connectivity index (χ4v) is 0.806. The monoisotopic (exact) mass is 132 g/mol. The summed E-state index contributed by atoms with van der Waals surface area (Å²) in [7, 11) is 0. The van der Waals surface area contributed by atoms with E-state index in [0.29, 0.717) is 5.92 Å². The Balaban J connectivity index is 3.03. The molecular formula is C10H12. The van der Waals surface area contributed by atoms with Crippen LogP contribution in [-0.4, -0.2) is 0 Å². The summed E-state index contributed by atoms with van der Waals surface area (Å²) in [6.45, 7) is 6.35. The van der Waals surface area contributed by atoms with Gasteiger partial charge in [0.25, 0.3) is 0 Å². The Morgan fingerprint density at radius 3 is 2.30 bits per heavy atom. The first kappa shape index (κ1) is 7.15. The van der Waals surface area contributed by atoms with Gasteiger partial charge in [-0.15, -0.1) is 0 Å². The van der Waals surface area contributed by atoms with E-state index in [4.69, 9.17) is 0 Å². The van der Waals surface area contributed by atoms with Crippen molar-refractivity contribution < 1.29 is 0 Å². The molecule has 0 heteroatoms. The van der Waals surface area contributed by atoms with E-state index in [0.717, 1.165) is 5.57 Å². The highest BCUT2D eigenvalue weighted by Crippen LogP contribution is 2.12. The van der Waals surface area contributed by atoms with Crippen molar-refractivity contribution >= 4 is 0 Å². The van der Waals surface area contributed by atoms with Crippen molar-refractivity contribution in [1.29, 1.82) is 0 Å². The fourth-order valence-electron chi connectivity index (χ4n) is 0.806. The van der Waals surface area contributed by atoms with Crippen LogP contribution in [0.15, 0.2) is 34.8 Å². The topological polar surface area (TPSA) is 0 Å². The summed E-state index contributed by atoms with van der Waals surface area (Å²) < 4.78 is 0. The summed E-state index contributed by atoms with van der Waals surface area (Å²) in [5.74, 6) is 0.567. The predicted octanol–water partition coefficient (Wildman–Crippen LogP) is 2.84. The molecule has 0 fully saturated rings. The lowest BCUT2D eigenvalue weighted by Gasteiger charge is -2.02. The van der Waals surface area contributed by atoms with E-state index in [2.05, 4.69) is 37.5 Å². The zero-order valence-electron chi connectivity index (χ0n) is 6.73. The molecule has 0 nitrogen and oxygen atoms in total. The lowest BCUT2D eigenvalue weighted by atomic mass is 10.0. The van der Waals surface area contributed by atoms with E-state index < -0.39 is 0 Å². The fraction of sp³-hybridized carbons (Fsp3) is 0.400. The van der Waals surface area contributed by atoms with Crippen molar-refractivity contribution in [3.05, 3.63) is 34.8 Å². The van der Waals surface area contributed by atoms with Crippen molar-refractivity contribution in [3.8, 4) is 0 Å². The first-order chi connectivity index (χ1) is 4.70. The molecule has 0 aromatic heterocycles. The van der Waals surface area contributed by atoms with E-state index in [1.54, 1.807) is 0 Å². The molecule has 0 unspecified atom stereocenters. The van der Waals surface area contributed by atoms with Gasteiger partial charge in [0, 0.05) is 5.57 Å². The highest BCUT2D eigenvalue weighted by Gasteiger charge is 1.98. The molecule has 0 heterocycles. The molecule has 1 rings (SSSR count). The van der Waals surface area contributed by atoms with Crippen molar-refractivity contribution in [2.24, 2.45) is 5.92 Å². The molecule has 1 aliphatic rings. The average Bonchev–Trinajstić information content (AvgIpc) is 1.88. The van der Waals surface area contributed by atoms with E-state index in [1.165, 1.54) is 5.57 Å². The molecule has 0 aromatic rings. The maximum atomic E-state index is 3.11. The van der Waals surface area contributed by atoms with E-state index >= 15 is 0 Å². The largest absolute Gasteiger partial charge is 0.0667 e. The van der Waals surface area contributed by atoms with Crippen LogP contribution >= 0.6 is 0 Å². The molecule has 0 spiro atoms. The molecule has 0 bridgehead atoms. The summed E-state index contributed by atoms with van der Waals surface area (Å²) in [5.41, 5.74) is 8.57. The highest BCUT2D eigenvalue weighted by molar-refractivity contribution is 5.31. The number of rotatable bonds is 1. The van der Waals surface area contributed by atoms with Crippen LogP contribution in [0.4, 0.5) is 0 Å². The number of hydrogen-bond donors (Lipinski definition) is 0. The third-order valence-corrected chi connectivity index (χ3v) is 1.54. The summed E-state index contributed by atoms with van der Waals surface area (Å²) in [5, 5.41) is 0. The molecule has 0 N–H and O–H groups in total. The molecule has 0 aliphatic heterocycles. The minimum absolute atomic E-state index is 0.567.